The Balaban J connectivity index is 1.46. The number of rotatable bonds is 7. The van der Waals surface area contributed by atoms with Crippen molar-refractivity contribution in [3.8, 4) is 5.75 Å². The van der Waals surface area contributed by atoms with Gasteiger partial charge in [0.1, 0.15) is 5.75 Å². The number of carbonyl (C=O) groups excluding carboxylic acids is 2. The van der Waals surface area contributed by atoms with Crippen LogP contribution in [0.25, 0.3) is 0 Å². The van der Waals surface area contributed by atoms with Gasteiger partial charge in [0.25, 0.3) is 5.91 Å². The van der Waals surface area contributed by atoms with E-state index < -0.39 is 6.61 Å². The Bertz CT molecular complexity index is 874. The molecule has 1 fully saturated rings. The van der Waals surface area contributed by atoms with Crippen molar-refractivity contribution in [2.75, 3.05) is 51.2 Å². The second-order valence-corrected chi connectivity index (χ2v) is 7.14. The van der Waals surface area contributed by atoms with Crippen molar-refractivity contribution < 1.29 is 23.1 Å². The number of piperazine rings is 1. The topological polar surface area (TPSA) is 65.1 Å². The van der Waals surface area contributed by atoms with Crippen LogP contribution in [0.5, 0.6) is 5.75 Å². The van der Waals surface area contributed by atoms with E-state index in [1.807, 2.05) is 37.4 Å². The molecular formula is C22H26F2N4O3. The highest BCUT2D eigenvalue weighted by Crippen LogP contribution is 2.22. The van der Waals surface area contributed by atoms with Crippen LogP contribution in [0.3, 0.4) is 0 Å². The predicted octanol–water partition coefficient (Wildman–Crippen LogP) is 2.89. The Morgan fingerprint density at radius 1 is 1.00 bits per heavy atom. The van der Waals surface area contributed by atoms with Gasteiger partial charge in [-0.1, -0.05) is 30.3 Å². The first-order valence-corrected chi connectivity index (χ1v) is 10.1. The van der Waals surface area contributed by atoms with Gasteiger partial charge in [0, 0.05) is 52.0 Å². The highest BCUT2D eigenvalue weighted by atomic mass is 19.3. The van der Waals surface area contributed by atoms with Crippen LogP contribution in [0.2, 0.25) is 0 Å². The third-order valence-electron chi connectivity index (χ3n) is 5.11. The molecule has 1 N–H and O–H groups in total. The van der Waals surface area contributed by atoms with Crippen molar-refractivity contribution in [3.63, 3.8) is 0 Å². The summed E-state index contributed by atoms with van der Waals surface area (Å²) >= 11 is 0. The third-order valence-corrected chi connectivity index (χ3v) is 5.11. The van der Waals surface area contributed by atoms with Gasteiger partial charge in [0.05, 0.1) is 5.56 Å². The molecule has 0 aliphatic carbocycles. The lowest BCUT2D eigenvalue weighted by molar-refractivity contribution is -0.0503. The summed E-state index contributed by atoms with van der Waals surface area (Å²) in [5.74, 6) is -0.536. The zero-order valence-corrected chi connectivity index (χ0v) is 17.3. The van der Waals surface area contributed by atoms with Gasteiger partial charge in [-0.15, -0.1) is 0 Å². The molecule has 0 radical (unpaired) electrons. The van der Waals surface area contributed by atoms with Crippen LogP contribution >= 0.6 is 0 Å². The van der Waals surface area contributed by atoms with E-state index in [1.54, 1.807) is 15.9 Å². The highest BCUT2D eigenvalue weighted by Gasteiger charge is 2.26. The lowest BCUT2D eigenvalue weighted by Crippen LogP contribution is -2.53. The monoisotopic (exact) mass is 432 g/mol. The van der Waals surface area contributed by atoms with Crippen LogP contribution in [0, 0.1) is 0 Å². The maximum Gasteiger partial charge on any atom is 0.387 e. The summed E-state index contributed by atoms with van der Waals surface area (Å²) in [6, 6.07) is 15.6. The number of urea groups is 1. The quantitative estimate of drug-likeness (QED) is 0.731. The molecule has 3 amide bonds. The number of ether oxygens (including phenoxy) is 1. The van der Waals surface area contributed by atoms with Gasteiger partial charge in [0.2, 0.25) is 0 Å². The Labute approximate surface area is 180 Å². The maximum absolute atomic E-state index is 12.7. The lowest BCUT2D eigenvalue weighted by Gasteiger charge is -2.35. The van der Waals surface area contributed by atoms with Crippen LogP contribution in [-0.2, 0) is 0 Å². The number of halogens is 2. The summed E-state index contributed by atoms with van der Waals surface area (Å²) in [6.45, 7) is -0.487. The van der Waals surface area contributed by atoms with Crippen molar-refractivity contribution in [3.05, 3.63) is 60.2 Å². The van der Waals surface area contributed by atoms with E-state index in [1.165, 1.54) is 18.2 Å². The SMILES string of the molecule is CN(CCNC(=O)N1CCN(C(=O)c2ccccc2OC(F)F)CC1)c1ccccc1. The fourth-order valence-corrected chi connectivity index (χ4v) is 3.38. The number of nitrogens with zero attached hydrogens (tertiary/aromatic N) is 3. The molecule has 0 saturated carbocycles. The Kier molecular flexibility index (Phi) is 7.64. The van der Waals surface area contributed by atoms with E-state index in [0.717, 1.165) is 5.69 Å². The zero-order chi connectivity index (χ0) is 22.2. The summed E-state index contributed by atoms with van der Waals surface area (Å²) in [5.41, 5.74) is 1.16. The normalized spacial score (nSPS) is 13.8. The number of nitrogens with one attached hydrogen (secondary N) is 1. The van der Waals surface area contributed by atoms with Crippen LogP contribution < -0.4 is 15.0 Å². The molecule has 166 valence electrons. The van der Waals surface area contributed by atoms with Gasteiger partial charge in [-0.25, -0.2) is 4.79 Å². The standard InChI is InChI=1S/C22H26F2N4O3/c1-26(17-7-3-2-4-8-17)12-11-25-22(30)28-15-13-27(14-16-28)20(29)18-9-5-6-10-19(18)31-21(23)24/h2-10,21H,11-16H2,1H3,(H,25,30). The van der Waals surface area contributed by atoms with E-state index in [0.29, 0.717) is 39.3 Å². The smallest absolute Gasteiger partial charge is 0.387 e. The van der Waals surface area contributed by atoms with Crippen molar-refractivity contribution in [2.45, 2.75) is 6.61 Å². The summed E-state index contributed by atoms with van der Waals surface area (Å²) in [6.07, 6.45) is 0. The second-order valence-electron chi connectivity index (χ2n) is 7.14. The molecule has 1 saturated heterocycles. The minimum Gasteiger partial charge on any atom is -0.434 e. The largest absolute Gasteiger partial charge is 0.434 e. The van der Waals surface area contributed by atoms with E-state index in [-0.39, 0.29) is 23.3 Å². The molecule has 0 unspecified atom stereocenters. The number of benzene rings is 2. The van der Waals surface area contributed by atoms with Gasteiger partial charge < -0.3 is 24.8 Å². The lowest BCUT2D eigenvalue weighted by atomic mass is 10.1. The molecule has 0 atom stereocenters. The first kappa shape index (κ1) is 22.3. The molecule has 2 aromatic carbocycles. The number of para-hydroxylation sites is 2. The Hall–Kier alpha value is -3.36. The molecule has 1 heterocycles. The number of likely N-dealkylation sites (N-methyl/N-ethyl adjacent to an activating group) is 1. The molecule has 0 bridgehead atoms. The number of anilines is 1. The Morgan fingerprint density at radius 3 is 2.29 bits per heavy atom. The fraction of sp³-hybridized carbons (Fsp3) is 0.364. The van der Waals surface area contributed by atoms with Crippen LogP contribution in [0.4, 0.5) is 19.3 Å². The summed E-state index contributed by atoms with van der Waals surface area (Å²) in [5, 5.41) is 2.90. The molecule has 2 aromatic rings. The number of alkyl halides is 2. The summed E-state index contributed by atoms with van der Waals surface area (Å²) in [7, 11) is 1.96. The predicted molar refractivity (Wildman–Crippen MR) is 114 cm³/mol. The minimum atomic E-state index is -3.00. The number of carbonyl (C=O) groups is 2. The molecular weight excluding hydrogens is 406 g/mol. The minimum absolute atomic E-state index is 0.0876. The molecule has 9 heteroatoms. The van der Waals surface area contributed by atoms with Gasteiger partial charge in [-0.2, -0.15) is 8.78 Å². The van der Waals surface area contributed by atoms with Crippen LogP contribution in [-0.4, -0.2) is 74.7 Å². The van der Waals surface area contributed by atoms with Crippen LogP contribution in [0.1, 0.15) is 10.4 Å². The number of hydrogen-bond acceptors (Lipinski definition) is 4. The Morgan fingerprint density at radius 2 is 1.61 bits per heavy atom. The van der Waals surface area contributed by atoms with E-state index >= 15 is 0 Å². The zero-order valence-electron chi connectivity index (χ0n) is 17.3. The fourth-order valence-electron chi connectivity index (χ4n) is 3.38. The number of hydrogen-bond donors (Lipinski definition) is 1. The molecule has 0 spiro atoms. The molecule has 0 aromatic heterocycles. The molecule has 1 aliphatic heterocycles. The van der Waals surface area contributed by atoms with Gasteiger partial charge in [-0.05, 0) is 24.3 Å². The molecule has 31 heavy (non-hydrogen) atoms. The first-order valence-electron chi connectivity index (χ1n) is 10.1. The van der Waals surface area contributed by atoms with E-state index in [4.69, 9.17) is 0 Å². The summed E-state index contributed by atoms with van der Waals surface area (Å²) in [4.78, 5) is 30.4. The van der Waals surface area contributed by atoms with Crippen molar-refractivity contribution in [1.29, 1.82) is 0 Å². The third kappa shape index (κ3) is 6.07. The van der Waals surface area contributed by atoms with Crippen molar-refractivity contribution in [1.82, 2.24) is 15.1 Å². The summed E-state index contributed by atoms with van der Waals surface area (Å²) < 4.78 is 29.6. The van der Waals surface area contributed by atoms with E-state index in [2.05, 4.69) is 15.0 Å². The van der Waals surface area contributed by atoms with Crippen molar-refractivity contribution >= 4 is 17.6 Å². The average Bonchev–Trinajstić information content (AvgIpc) is 2.79. The maximum atomic E-state index is 12.7. The van der Waals surface area contributed by atoms with Crippen LogP contribution in [0.15, 0.2) is 54.6 Å². The molecule has 7 nitrogen and oxygen atoms in total. The van der Waals surface area contributed by atoms with Crippen molar-refractivity contribution in [2.24, 2.45) is 0 Å². The van der Waals surface area contributed by atoms with Gasteiger partial charge in [0.15, 0.2) is 0 Å². The van der Waals surface area contributed by atoms with E-state index in [9.17, 15) is 18.4 Å². The first-order chi connectivity index (χ1) is 15.0. The average molecular weight is 432 g/mol. The second kappa shape index (κ2) is 10.6. The molecule has 3 rings (SSSR count). The van der Waals surface area contributed by atoms with Gasteiger partial charge in [-0.3, -0.25) is 4.79 Å². The molecule has 1 aliphatic rings. The van der Waals surface area contributed by atoms with Gasteiger partial charge >= 0.3 is 12.6 Å². The highest BCUT2D eigenvalue weighted by molar-refractivity contribution is 5.97. The number of amides is 3.